The average Bonchev–Trinajstić information content (AvgIpc) is 2.51. The maximum Gasteiger partial charge on any atom is 0.220 e. The summed E-state index contributed by atoms with van der Waals surface area (Å²) in [6, 6.07) is -0.827. The second-order valence-corrected chi connectivity index (χ2v) is 27.5. The van der Waals surface area contributed by atoms with Crippen LogP contribution in [0.5, 0.6) is 0 Å². The van der Waals surface area contributed by atoms with Crippen LogP contribution in [0.25, 0.3) is 0 Å². The van der Waals surface area contributed by atoms with Crippen LogP contribution < -0.4 is 5.32 Å². The first-order chi connectivity index (χ1) is 43.6. The van der Waals surface area contributed by atoms with Crippen molar-refractivity contribution in [3.63, 3.8) is 0 Å². The van der Waals surface area contributed by atoms with Crippen LogP contribution in [0.3, 0.4) is 0 Å². The molecular weight excluding hydrogens is 1120 g/mol. The largest absolute Gasteiger partial charge is 0.394 e. The van der Waals surface area contributed by atoms with Gasteiger partial charge in [0.25, 0.3) is 0 Å². The Morgan fingerprint density at radius 3 is 1.07 bits per heavy atom. The van der Waals surface area contributed by atoms with Crippen molar-refractivity contribution >= 4 is 5.91 Å². The molecule has 1 amide bonds. The van der Waals surface area contributed by atoms with E-state index in [1.165, 1.54) is 289 Å². The van der Waals surface area contributed by atoms with Gasteiger partial charge in [0.15, 0.2) is 12.6 Å². The SMILES string of the molecule is CCCCCCCCCC/C=C\CCCCCCCCCCCCCCCCCCCC(=O)NC(COC1OC(CO)C(OC2OC(CO)C(O)C(O)C2O)C(O)C1O)C(O)CCCCCCCCCCCCCCCCCCCCCCCCCCCC. The van der Waals surface area contributed by atoms with E-state index in [2.05, 4.69) is 31.3 Å². The molecule has 2 saturated heterocycles. The highest BCUT2D eigenvalue weighted by atomic mass is 16.7. The third-order valence-electron chi connectivity index (χ3n) is 19.2. The number of hydrogen-bond acceptors (Lipinski definition) is 13. The molecule has 0 saturated carbocycles. The second kappa shape index (κ2) is 60.4. The number of unbranched alkanes of at least 4 members (excludes halogenated alkanes) is 50. The summed E-state index contributed by atoms with van der Waals surface area (Å²) in [5.74, 6) is -0.197. The minimum Gasteiger partial charge on any atom is -0.394 e. The number of carbonyl (C=O) groups excluding carboxylic acids is 1. The number of amides is 1. The summed E-state index contributed by atoms with van der Waals surface area (Å²) < 4.78 is 23.0. The topological polar surface area (TPSA) is 228 Å². The van der Waals surface area contributed by atoms with E-state index in [1.54, 1.807) is 0 Å². The Bertz CT molecular complexity index is 1540. The molecule has 2 aliphatic rings. The molecule has 2 heterocycles. The fourth-order valence-corrected chi connectivity index (χ4v) is 13.1. The van der Waals surface area contributed by atoms with Crippen LogP contribution in [0, 0.1) is 0 Å². The van der Waals surface area contributed by atoms with E-state index in [1.807, 2.05) is 0 Å². The fourth-order valence-electron chi connectivity index (χ4n) is 13.1. The Morgan fingerprint density at radius 1 is 0.393 bits per heavy atom. The highest BCUT2D eigenvalue weighted by molar-refractivity contribution is 5.76. The molecule has 2 aliphatic heterocycles. The van der Waals surface area contributed by atoms with Gasteiger partial charge in [-0.05, 0) is 38.5 Å². The van der Waals surface area contributed by atoms with Crippen molar-refractivity contribution in [3.05, 3.63) is 12.2 Å². The van der Waals surface area contributed by atoms with Crippen LogP contribution in [0.15, 0.2) is 12.2 Å². The summed E-state index contributed by atoms with van der Waals surface area (Å²) in [5.41, 5.74) is 0. The summed E-state index contributed by atoms with van der Waals surface area (Å²) in [6.45, 7) is 2.93. The number of allylic oxidation sites excluding steroid dienone is 2. The molecule has 0 aliphatic carbocycles. The summed E-state index contributed by atoms with van der Waals surface area (Å²) in [5, 5.41) is 87.8. The molecule has 0 aromatic carbocycles. The number of hydrogen-bond donors (Lipinski definition) is 9. The minimum atomic E-state index is -1.78. The van der Waals surface area contributed by atoms with Crippen molar-refractivity contribution in [2.75, 3.05) is 19.8 Å². The third kappa shape index (κ3) is 44.2. The van der Waals surface area contributed by atoms with Crippen molar-refractivity contribution in [2.45, 2.75) is 441 Å². The zero-order valence-corrected chi connectivity index (χ0v) is 57.7. The second-order valence-electron chi connectivity index (χ2n) is 27.5. The number of nitrogens with one attached hydrogen (secondary N) is 1. The summed E-state index contributed by atoms with van der Waals surface area (Å²) in [7, 11) is 0. The van der Waals surface area contributed by atoms with Crippen molar-refractivity contribution < 1.29 is 64.6 Å². The first-order valence-corrected chi connectivity index (χ1v) is 38.4. The van der Waals surface area contributed by atoms with Gasteiger partial charge in [0.1, 0.15) is 48.8 Å². The first-order valence-electron chi connectivity index (χ1n) is 38.4. The standard InChI is InChI=1S/C75H145NO13/c1-3-5-7-9-11-13-15-17-19-21-23-25-27-29-31-32-33-35-37-39-41-43-45-47-49-51-53-55-57-59-67(80)76-63(62-86-74-72(85)70(83)73(66(61-78)88-74)89-75-71(84)69(82)68(81)65(60-77)87-75)64(79)58-56-54-52-50-48-46-44-42-40-38-36-34-30-28-26-24-22-20-18-16-14-12-10-8-6-4-2/h21,23,63-66,68-75,77-79,81-85H,3-20,22,24-62H2,1-2H3,(H,76,80)/b23-21-. The Labute approximate surface area is 546 Å². The van der Waals surface area contributed by atoms with Crippen LogP contribution in [0.1, 0.15) is 367 Å². The van der Waals surface area contributed by atoms with Crippen molar-refractivity contribution in [1.29, 1.82) is 0 Å². The molecule has 0 aromatic heterocycles. The van der Waals surface area contributed by atoms with Crippen LogP contribution in [0.2, 0.25) is 0 Å². The lowest BCUT2D eigenvalue weighted by Crippen LogP contribution is -2.65. The molecular formula is C75H145NO13. The van der Waals surface area contributed by atoms with E-state index in [0.29, 0.717) is 12.8 Å². The third-order valence-corrected chi connectivity index (χ3v) is 19.2. The molecule has 2 rings (SSSR count). The lowest BCUT2D eigenvalue weighted by Gasteiger charge is -2.46. The van der Waals surface area contributed by atoms with Gasteiger partial charge in [0, 0.05) is 6.42 Å². The normalized spacial score (nSPS) is 23.0. The number of ether oxygens (including phenoxy) is 4. The zero-order chi connectivity index (χ0) is 64.5. The molecule has 89 heavy (non-hydrogen) atoms. The number of carbonyl (C=O) groups is 1. The van der Waals surface area contributed by atoms with Gasteiger partial charge in [-0.1, -0.05) is 334 Å². The van der Waals surface area contributed by atoms with E-state index in [9.17, 15) is 45.6 Å². The molecule has 0 aromatic rings. The molecule has 14 nitrogen and oxygen atoms in total. The van der Waals surface area contributed by atoms with Gasteiger partial charge in [-0.3, -0.25) is 4.79 Å². The quantitative estimate of drug-likeness (QED) is 0.0204. The van der Waals surface area contributed by atoms with E-state index in [4.69, 9.17) is 18.9 Å². The average molecular weight is 1270 g/mol. The Balaban J connectivity index is 1.63. The maximum atomic E-state index is 13.4. The molecule has 528 valence electrons. The van der Waals surface area contributed by atoms with Crippen molar-refractivity contribution in [3.8, 4) is 0 Å². The number of aliphatic hydroxyl groups excluding tert-OH is 8. The summed E-state index contributed by atoms with van der Waals surface area (Å²) in [4.78, 5) is 13.4. The predicted molar refractivity (Wildman–Crippen MR) is 365 cm³/mol. The monoisotopic (exact) mass is 1270 g/mol. The van der Waals surface area contributed by atoms with Gasteiger partial charge >= 0.3 is 0 Å². The summed E-state index contributed by atoms with van der Waals surface area (Å²) in [6.07, 6.45) is 58.1. The van der Waals surface area contributed by atoms with Gasteiger partial charge in [0.2, 0.25) is 5.91 Å². The molecule has 12 unspecified atom stereocenters. The van der Waals surface area contributed by atoms with Crippen LogP contribution in [-0.2, 0) is 23.7 Å². The fraction of sp³-hybridized carbons (Fsp3) is 0.960. The minimum absolute atomic E-state index is 0.197. The van der Waals surface area contributed by atoms with Gasteiger partial charge in [-0.15, -0.1) is 0 Å². The highest BCUT2D eigenvalue weighted by Crippen LogP contribution is 2.30. The zero-order valence-electron chi connectivity index (χ0n) is 57.7. The molecule has 12 atom stereocenters. The Kier molecular flexibility index (Phi) is 56.9. The smallest absolute Gasteiger partial charge is 0.220 e. The van der Waals surface area contributed by atoms with E-state index in [0.717, 1.165) is 51.4 Å². The molecule has 0 spiro atoms. The lowest BCUT2D eigenvalue weighted by molar-refractivity contribution is -0.359. The molecule has 0 bridgehead atoms. The van der Waals surface area contributed by atoms with E-state index in [-0.39, 0.29) is 12.5 Å². The van der Waals surface area contributed by atoms with Crippen LogP contribution >= 0.6 is 0 Å². The van der Waals surface area contributed by atoms with Gasteiger partial charge in [-0.2, -0.15) is 0 Å². The molecule has 0 radical (unpaired) electrons. The Hall–Kier alpha value is -1.27. The van der Waals surface area contributed by atoms with E-state index >= 15 is 0 Å². The van der Waals surface area contributed by atoms with Gasteiger partial charge in [-0.25, -0.2) is 0 Å². The first kappa shape index (κ1) is 83.8. The van der Waals surface area contributed by atoms with Crippen LogP contribution in [0.4, 0.5) is 0 Å². The van der Waals surface area contributed by atoms with E-state index < -0.39 is 86.8 Å². The summed E-state index contributed by atoms with van der Waals surface area (Å²) >= 11 is 0. The highest BCUT2D eigenvalue weighted by Gasteiger charge is 2.51. The lowest BCUT2D eigenvalue weighted by atomic mass is 9.97. The predicted octanol–water partition coefficient (Wildman–Crippen LogP) is 16.5. The van der Waals surface area contributed by atoms with Crippen molar-refractivity contribution in [2.24, 2.45) is 0 Å². The number of rotatable bonds is 65. The van der Waals surface area contributed by atoms with Crippen LogP contribution in [-0.4, -0.2) is 140 Å². The number of aliphatic hydroxyl groups is 8. The maximum absolute atomic E-state index is 13.4. The molecule has 14 heteroatoms. The molecule has 9 N–H and O–H groups in total. The molecule has 2 fully saturated rings. The van der Waals surface area contributed by atoms with Gasteiger partial charge < -0.3 is 65.1 Å². The van der Waals surface area contributed by atoms with Crippen molar-refractivity contribution in [1.82, 2.24) is 5.32 Å². The van der Waals surface area contributed by atoms with Gasteiger partial charge in [0.05, 0.1) is 32.0 Å². The Morgan fingerprint density at radius 2 is 0.708 bits per heavy atom.